The average molecular weight is 635 g/mol. The van der Waals surface area contributed by atoms with Crippen LogP contribution in [0.15, 0.2) is 0 Å². The van der Waals surface area contributed by atoms with Gasteiger partial charge < -0.3 is 29.3 Å². The predicted octanol–water partition coefficient (Wildman–Crippen LogP) is 1.30. The molecule has 0 unspecified atom stereocenters. The largest absolute Gasteiger partial charge is 0.466 e. The van der Waals surface area contributed by atoms with Crippen molar-refractivity contribution in [2.24, 2.45) is 10.8 Å². The molecule has 3 saturated heterocycles. The third-order valence-corrected chi connectivity index (χ3v) is 8.02. The Labute approximate surface area is 251 Å². The number of fused-ring (bicyclic) bond motifs is 2. The zero-order chi connectivity index (χ0) is 32.2. The van der Waals surface area contributed by atoms with Crippen molar-refractivity contribution >= 4 is 40.4 Å². The Morgan fingerprint density at radius 2 is 1.58 bits per heavy atom. The summed E-state index contributed by atoms with van der Waals surface area (Å²) in [6.07, 6.45) is 0.861. The lowest BCUT2D eigenvalue weighted by atomic mass is 9.95. The highest BCUT2D eigenvalue weighted by Gasteiger charge is 2.50. The summed E-state index contributed by atoms with van der Waals surface area (Å²) in [5, 5.41) is 3.62. The number of esters is 2. The predicted molar refractivity (Wildman–Crippen MR) is 147 cm³/mol. The monoisotopic (exact) mass is 634 g/mol. The third-order valence-electron chi connectivity index (χ3n) is 7.27. The molecule has 0 aliphatic carbocycles. The quantitative estimate of drug-likeness (QED) is 0.254. The second kappa shape index (κ2) is 13.6. The van der Waals surface area contributed by atoms with E-state index in [2.05, 4.69) is 5.32 Å². The first kappa shape index (κ1) is 34.3. The number of hydrogen-bond donors (Lipinski definition) is 1. The van der Waals surface area contributed by atoms with Crippen LogP contribution >= 0.6 is 0 Å². The van der Waals surface area contributed by atoms with Crippen LogP contribution in [-0.2, 0) is 47.5 Å². The number of hydroxylamine groups is 2. The number of nitrogens with zero attached hydrogens (tertiary/aromatic N) is 3. The summed E-state index contributed by atoms with van der Waals surface area (Å²) >= 11 is 0. The van der Waals surface area contributed by atoms with E-state index in [-0.39, 0.29) is 31.5 Å². The molecule has 3 heterocycles. The van der Waals surface area contributed by atoms with Crippen LogP contribution in [-0.4, -0.2) is 111 Å². The molecule has 0 spiro atoms. The molecule has 17 heteroatoms. The van der Waals surface area contributed by atoms with Gasteiger partial charge in [-0.1, -0.05) is 0 Å². The van der Waals surface area contributed by atoms with E-state index < -0.39 is 70.8 Å². The van der Waals surface area contributed by atoms with Gasteiger partial charge in [-0.05, 0) is 67.2 Å². The van der Waals surface area contributed by atoms with E-state index in [0.717, 1.165) is 0 Å². The molecule has 0 aromatic rings. The van der Waals surface area contributed by atoms with Gasteiger partial charge in [-0.3, -0.25) is 14.4 Å². The molecule has 0 saturated carbocycles. The van der Waals surface area contributed by atoms with E-state index in [4.69, 9.17) is 22.7 Å². The van der Waals surface area contributed by atoms with Gasteiger partial charge in [-0.2, -0.15) is 13.5 Å². The van der Waals surface area contributed by atoms with Crippen LogP contribution < -0.4 is 5.32 Å². The van der Waals surface area contributed by atoms with Crippen molar-refractivity contribution in [3.8, 4) is 0 Å². The van der Waals surface area contributed by atoms with Crippen LogP contribution in [0.5, 0.6) is 0 Å². The number of carbonyl (C=O) groups excluding carboxylic acids is 5. The minimum Gasteiger partial charge on any atom is -0.466 e. The molecule has 0 aromatic carbocycles. The summed E-state index contributed by atoms with van der Waals surface area (Å²) in [7, 11) is -4.70. The topological polar surface area (TPSA) is 187 Å². The van der Waals surface area contributed by atoms with Crippen molar-refractivity contribution in [2.75, 3.05) is 39.6 Å². The SMILES string of the molecule is CCOC(=O)C(C)(C)COS(=O)(=O)ON1C(=O)N2C[C@H]1CC[C@H]2C(=O)NC1CCN(C(=O)OCOC(=O)C(C)(C)C)CC1. The summed E-state index contributed by atoms with van der Waals surface area (Å²) in [5.41, 5.74) is -2.00. The molecule has 3 fully saturated rings. The highest BCUT2D eigenvalue weighted by molar-refractivity contribution is 7.81. The second-order valence-electron chi connectivity index (χ2n) is 12.3. The molecule has 0 aromatic heterocycles. The molecule has 1 N–H and O–H groups in total. The van der Waals surface area contributed by atoms with Gasteiger partial charge in [0.05, 0.1) is 30.1 Å². The van der Waals surface area contributed by atoms with Crippen molar-refractivity contribution in [2.45, 2.75) is 85.4 Å². The first-order valence-electron chi connectivity index (χ1n) is 14.2. The van der Waals surface area contributed by atoms with Gasteiger partial charge in [0.25, 0.3) is 0 Å². The van der Waals surface area contributed by atoms with Crippen molar-refractivity contribution in [1.82, 2.24) is 20.2 Å². The van der Waals surface area contributed by atoms with Crippen LogP contribution in [0.2, 0.25) is 0 Å². The van der Waals surface area contributed by atoms with Crippen molar-refractivity contribution in [3.05, 3.63) is 0 Å². The van der Waals surface area contributed by atoms with Gasteiger partial charge in [-0.25, -0.2) is 13.8 Å². The Morgan fingerprint density at radius 3 is 2.19 bits per heavy atom. The number of nitrogens with one attached hydrogen (secondary N) is 1. The van der Waals surface area contributed by atoms with Crippen LogP contribution in [0.4, 0.5) is 9.59 Å². The maximum absolute atomic E-state index is 13.1. The molecule has 4 amide bonds. The Kier molecular flexibility index (Phi) is 10.9. The molecule has 244 valence electrons. The Balaban J connectivity index is 1.46. The lowest BCUT2D eigenvalue weighted by Crippen LogP contribution is -2.54. The minimum absolute atomic E-state index is 0.0881. The first-order valence-corrected chi connectivity index (χ1v) is 15.5. The fourth-order valence-corrected chi connectivity index (χ4v) is 5.54. The van der Waals surface area contributed by atoms with E-state index in [9.17, 15) is 32.4 Å². The Morgan fingerprint density at radius 1 is 0.930 bits per heavy atom. The molecule has 16 nitrogen and oxygen atoms in total. The van der Waals surface area contributed by atoms with Gasteiger partial charge in [0, 0.05) is 25.7 Å². The number of ether oxygens (including phenoxy) is 3. The number of piperidine rings is 2. The van der Waals surface area contributed by atoms with Gasteiger partial charge in [0.15, 0.2) is 0 Å². The van der Waals surface area contributed by atoms with E-state index in [1.807, 2.05) is 0 Å². The summed E-state index contributed by atoms with van der Waals surface area (Å²) in [6, 6.07) is -2.48. The van der Waals surface area contributed by atoms with Gasteiger partial charge >= 0.3 is 34.5 Å². The number of rotatable bonds is 11. The lowest BCUT2D eigenvalue weighted by Gasteiger charge is -2.34. The fourth-order valence-electron chi connectivity index (χ4n) is 4.67. The highest BCUT2D eigenvalue weighted by atomic mass is 32.3. The van der Waals surface area contributed by atoms with Crippen LogP contribution in [0.25, 0.3) is 0 Å². The lowest BCUT2D eigenvalue weighted by molar-refractivity contribution is -0.162. The molecule has 2 atom stereocenters. The van der Waals surface area contributed by atoms with Crippen LogP contribution in [0.1, 0.15) is 67.2 Å². The number of amides is 4. The summed E-state index contributed by atoms with van der Waals surface area (Å²) in [4.78, 5) is 65.0. The van der Waals surface area contributed by atoms with E-state index in [1.165, 1.54) is 23.6 Å². The maximum atomic E-state index is 13.1. The fraction of sp³-hybridized carbons (Fsp3) is 0.808. The highest BCUT2D eigenvalue weighted by Crippen LogP contribution is 2.32. The van der Waals surface area contributed by atoms with Crippen molar-refractivity contribution in [1.29, 1.82) is 0 Å². The van der Waals surface area contributed by atoms with E-state index >= 15 is 0 Å². The Bertz CT molecular complexity index is 1180. The molecule has 3 rings (SSSR count). The van der Waals surface area contributed by atoms with Gasteiger partial charge in [0.1, 0.15) is 6.04 Å². The van der Waals surface area contributed by atoms with Crippen LogP contribution in [0.3, 0.4) is 0 Å². The molecular formula is C26H42N4O12S. The minimum atomic E-state index is -4.70. The standard InChI is InChI=1S/C26H42N4O12S/c1-7-38-22(33)26(5,6)15-41-43(36,37)42-30-18-8-9-19(29(14-18)23(30)34)20(31)27-17-10-12-28(13-11-17)24(35)40-16-39-21(32)25(2,3)4/h17-19H,7-16H2,1-6H3,(H,27,31)/t18-,19+/m1/s1. The number of hydrogen-bond acceptors (Lipinski definition) is 12. The van der Waals surface area contributed by atoms with Gasteiger partial charge in [0.2, 0.25) is 12.7 Å². The molecule has 43 heavy (non-hydrogen) atoms. The average Bonchev–Trinajstić information content (AvgIpc) is 3.15. The van der Waals surface area contributed by atoms with Gasteiger partial charge in [-0.15, -0.1) is 4.28 Å². The molecule has 2 bridgehead atoms. The second-order valence-corrected chi connectivity index (χ2v) is 13.5. The van der Waals surface area contributed by atoms with E-state index in [0.29, 0.717) is 37.4 Å². The molecule has 0 radical (unpaired) electrons. The molecule has 3 aliphatic heterocycles. The smallest absolute Gasteiger partial charge is 0.421 e. The van der Waals surface area contributed by atoms with E-state index in [1.54, 1.807) is 27.7 Å². The maximum Gasteiger partial charge on any atom is 0.421 e. The molecular weight excluding hydrogens is 592 g/mol. The molecule has 3 aliphatic rings. The zero-order valence-corrected chi connectivity index (χ0v) is 26.3. The summed E-state index contributed by atoms with van der Waals surface area (Å²) in [6.45, 7) is 9.34. The van der Waals surface area contributed by atoms with Crippen molar-refractivity contribution in [3.63, 3.8) is 0 Å². The Hall–Kier alpha value is -3.18. The first-order chi connectivity index (χ1) is 19.9. The normalized spacial score (nSPS) is 21.4. The zero-order valence-electron chi connectivity index (χ0n) is 25.5. The number of likely N-dealkylation sites (tertiary alicyclic amines) is 1. The van der Waals surface area contributed by atoms with Crippen molar-refractivity contribution < 1.29 is 55.1 Å². The summed E-state index contributed by atoms with van der Waals surface area (Å²) in [5.74, 6) is -1.53. The number of urea groups is 1. The van der Waals surface area contributed by atoms with Crippen LogP contribution in [0, 0.1) is 10.8 Å². The summed E-state index contributed by atoms with van der Waals surface area (Å²) < 4.78 is 49.7. The third kappa shape index (κ3) is 8.92. The number of carbonyl (C=O) groups is 5.